The van der Waals surface area contributed by atoms with Gasteiger partial charge in [0.1, 0.15) is 5.82 Å². The molecule has 7 nitrogen and oxygen atoms in total. The van der Waals surface area contributed by atoms with Crippen LogP contribution in [0.5, 0.6) is 0 Å². The first-order valence-electron chi connectivity index (χ1n) is 7.42. The normalized spacial score (nSPS) is 13.6. The lowest BCUT2D eigenvalue weighted by atomic mass is 10.2. The van der Waals surface area contributed by atoms with Crippen LogP contribution in [0.4, 0.5) is 0 Å². The topological polar surface area (TPSA) is 88.9 Å². The fourth-order valence-electron chi connectivity index (χ4n) is 2.15. The predicted octanol–water partition coefficient (Wildman–Crippen LogP) is 2.01. The van der Waals surface area contributed by atoms with E-state index < -0.39 is 0 Å². The lowest BCUT2D eigenvalue weighted by Crippen LogP contribution is -2.42. The Hall–Kier alpha value is -1.87. The van der Waals surface area contributed by atoms with Crippen LogP contribution in [-0.4, -0.2) is 32.3 Å². The molecular formula is C15H16BrN5O2S. The van der Waals surface area contributed by atoms with Gasteiger partial charge in [-0.25, -0.2) is 0 Å². The molecule has 2 N–H and O–H groups in total. The molecule has 24 heavy (non-hydrogen) atoms. The van der Waals surface area contributed by atoms with Gasteiger partial charge in [0.2, 0.25) is 5.91 Å². The quantitative estimate of drug-likeness (QED) is 0.582. The molecule has 126 valence electrons. The minimum Gasteiger partial charge on any atom is -0.309 e. The molecular weight excluding hydrogens is 394 g/mol. The van der Waals surface area contributed by atoms with Gasteiger partial charge in [-0.15, -0.1) is 10.2 Å². The zero-order valence-electron chi connectivity index (χ0n) is 13.0. The highest BCUT2D eigenvalue weighted by atomic mass is 79.9. The van der Waals surface area contributed by atoms with Gasteiger partial charge in [-0.1, -0.05) is 23.9 Å². The van der Waals surface area contributed by atoms with Gasteiger partial charge >= 0.3 is 0 Å². The number of nitrogens with one attached hydrogen (secondary N) is 2. The second-order valence-electron chi connectivity index (χ2n) is 5.44. The van der Waals surface area contributed by atoms with Crippen molar-refractivity contribution in [3.05, 3.63) is 40.1 Å². The van der Waals surface area contributed by atoms with Gasteiger partial charge in [0.05, 0.1) is 11.3 Å². The molecule has 0 spiro atoms. The molecule has 1 heterocycles. The summed E-state index contributed by atoms with van der Waals surface area (Å²) in [6, 6.07) is 6.99. The maximum Gasteiger partial charge on any atom is 0.270 e. The van der Waals surface area contributed by atoms with Crippen molar-refractivity contribution in [3.8, 4) is 0 Å². The number of hydrazine groups is 1. The summed E-state index contributed by atoms with van der Waals surface area (Å²) in [6.45, 7) is 0. The summed E-state index contributed by atoms with van der Waals surface area (Å²) in [6.07, 6.45) is 2.30. The maximum atomic E-state index is 12.0. The number of rotatable bonds is 5. The number of thioether (sulfide) groups is 1. The lowest BCUT2D eigenvalue weighted by molar-refractivity contribution is -0.119. The Morgan fingerprint density at radius 2 is 2.04 bits per heavy atom. The van der Waals surface area contributed by atoms with Crippen molar-refractivity contribution in [3.63, 3.8) is 0 Å². The Balaban J connectivity index is 1.48. The Morgan fingerprint density at radius 1 is 1.29 bits per heavy atom. The summed E-state index contributed by atoms with van der Waals surface area (Å²) in [5.74, 6) is 0.939. The van der Waals surface area contributed by atoms with Crippen LogP contribution in [-0.2, 0) is 11.8 Å². The minimum atomic E-state index is -0.379. The number of benzene rings is 1. The number of carbonyl (C=O) groups excluding carboxylic acids is 2. The fraction of sp³-hybridized carbons (Fsp3) is 0.333. The number of hydrogen-bond donors (Lipinski definition) is 2. The standard InChI is InChI=1S/C15H16BrN5O2S/c1-21-13(9-6-7-9)18-20-15(21)24-8-12(22)17-19-14(23)10-4-2-3-5-11(10)16/h2-5,9H,6-8H2,1H3,(H,17,22)(H,19,23). The van der Waals surface area contributed by atoms with Gasteiger partial charge in [-0.05, 0) is 40.9 Å². The second kappa shape index (κ2) is 7.35. The van der Waals surface area contributed by atoms with E-state index in [-0.39, 0.29) is 17.6 Å². The van der Waals surface area contributed by atoms with Crippen LogP contribution in [0.3, 0.4) is 0 Å². The van der Waals surface area contributed by atoms with E-state index in [1.807, 2.05) is 17.7 Å². The Bertz CT molecular complexity index is 775. The third kappa shape index (κ3) is 3.96. The van der Waals surface area contributed by atoms with E-state index in [0.29, 0.717) is 21.1 Å². The molecule has 0 saturated heterocycles. The molecule has 1 aliphatic carbocycles. The SMILES string of the molecule is Cn1c(SCC(=O)NNC(=O)c2ccccc2Br)nnc1C1CC1. The van der Waals surface area contributed by atoms with Crippen LogP contribution >= 0.6 is 27.7 Å². The van der Waals surface area contributed by atoms with Crippen LogP contribution in [0.15, 0.2) is 33.9 Å². The molecule has 9 heteroatoms. The summed E-state index contributed by atoms with van der Waals surface area (Å²) in [5, 5.41) is 8.97. The molecule has 1 aliphatic rings. The Labute approximate surface area is 151 Å². The summed E-state index contributed by atoms with van der Waals surface area (Å²) in [5.41, 5.74) is 5.25. The van der Waals surface area contributed by atoms with E-state index in [4.69, 9.17) is 0 Å². The van der Waals surface area contributed by atoms with E-state index in [9.17, 15) is 9.59 Å². The number of nitrogens with zero attached hydrogens (tertiary/aromatic N) is 3. The number of carbonyl (C=O) groups is 2. The zero-order valence-corrected chi connectivity index (χ0v) is 15.4. The van der Waals surface area contributed by atoms with Crippen molar-refractivity contribution < 1.29 is 9.59 Å². The highest BCUT2D eigenvalue weighted by Gasteiger charge is 2.29. The van der Waals surface area contributed by atoms with E-state index >= 15 is 0 Å². The van der Waals surface area contributed by atoms with Gasteiger partial charge in [0, 0.05) is 17.4 Å². The van der Waals surface area contributed by atoms with Crippen molar-refractivity contribution in [1.82, 2.24) is 25.6 Å². The fourth-order valence-corrected chi connectivity index (χ4v) is 3.34. The van der Waals surface area contributed by atoms with Gasteiger partial charge in [-0.3, -0.25) is 20.4 Å². The maximum absolute atomic E-state index is 12.0. The Kier molecular flexibility index (Phi) is 5.20. The minimum absolute atomic E-state index is 0.146. The van der Waals surface area contributed by atoms with Crippen molar-refractivity contribution in [2.45, 2.75) is 23.9 Å². The monoisotopic (exact) mass is 409 g/mol. The van der Waals surface area contributed by atoms with Crippen molar-refractivity contribution in [2.75, 3.05) is 5.75 Å². The van der Waals surface area contributed by atoms with Gasteiger partial charge < -0.3 is 4.57 Å². The van der Waals surface area contributed by atoms with E-state index in [2.05, 4.69) is 37.0 Å². The Morgan fingerprint density at radius 3 is 2.75 bits per heavy atom. The van der Waals surface area contributed by atoms with Crippen LogP contribution in [0.2, 0.25) is 0 Å². The summed E-state index contributed by atoms with van der Waals surface area (Å²) in [7, 11) is 1.91. The smallest absolute Gasteiger partial charge is 0.270 e. The molecule has 1 aromatic carbocycles. The molecule has 0 bridgehead atoms. The van der Waals surface area contributed by atoms with Crippen molar-refractivity contribution in [2.24, 2.45) is 7.05 Å². The number of halogens is 1. The molecule has 0 aliphatic heterocycles. The molecule has 1 aromatic heterocycles. The number of hydrogen-bond acceptors (Lipinski definition) is 5. The van der Waals surface area contributed by atoms with Crippen molar-refractivity contribution >= 4 is 39.5 Å². The largest absolute Gasteiger partial charge is 0.309 e. The molecule has 0 radical (unpaired) electrons. The first-order valence-corrected chi connectivity index (χ1v) is 9.20. The van der Waals surface area contributed by atoms with E-state index in [1.165, 1.54) is 11.8 Å². The predicted molar refractivity (Wildman–Crippen MR) is 93.5 cm³/mol. The first kappa shape index (κ1) is 17.0. The highest BCUT2D eigenvalue weighted by molar-refractivity contribution is 9.10. The van der Waals surface area contributed by atoms with E-state index in [1.54, 1.807) is 18.2 Å². The number of aromatic nitrogens is 3. The third-order valence-electron chi connectivity index (χ3n) is 3.58. The average molecular weight is 410 g/mol. The summed E-state index contributed by atoms with van der Waals surface area (Å²) < 4.78 is 2.59. The zero-order chi connectivity index (χ0) is 17.1. The summed E-state index contributed by atoms with van der Waals surface area (Å²) in [4.78, 5) is 23.9. The molecule has 2 amide bonds. The highest BCUT2D eigenvalue weighted by Crippen LogP contribution is 2.39. The molecule has 1 saturated carbocycles. The van der Waals surface area contributed by atoms with Crippen LogP contribution in [0.25, 0.3) is 0 Å². The molecule has 3 rings (SSSR count). The van der Waals surface area contributed by atoms with Crippen LogP contribution < -0.4 is 10.9 Å². The van der Waals surface area contributed by atoms with E-state index in [0.717, 1.165) is 18.7 Å². The van der Waals surface area contributed by atoms with Gasteiger partial charge in [0.15, 0.2) is 5.16 Å². The molecule has 1 fully saturated rings. The van der Waals surface area contributed by atoms with Gasteiger partial charge in [-0.2, -0.15) is 0 Å². The third-order valence-corrected chi connectivity index (χ3v) is 5.29. The lowest BCUT2D eigenvalue weighted by Gasteiger charge is -2.08. The van der Waals surface area contributed by atoms with Crippen LogP contribution in [0, 0.1) is 0 Å². The second-order valence-corrected chi connectivity index (χ2v) is 7.24. The molecule has 0 atom stereocenters. The average Bonchev–Trinajstić information content (AvgIpc) is 3.35. The van der Waals surface area contributed by atoms with Gasteiger partial charge in [0.25, 0.3) is 5.91 Å². The molecule has 2 aromatic rings. The molecule has 0 unspecified atom stereocenters. The summed E-state index contributed by atoms with van der Waals surface area (Å²) >= 11 is 4.59. The first-order chi connectivity index (χ1) is 11.6. The van der Waals surface area contributed by atoms with Crippen LogP contribution in [0.1, 0.15) is 34.9 Å². The van der Waals surface area contributed by atoms with Crippen molar-refractivity contribution in [1.29, 1.82) is 0 Å². The number of amides is 2.